The van der Waals surface area contributed by atoms with Crippen molar-refractivity contribution in [2.24, 2.45) is 0 Å². The van der Waals surface area contributed by atoms with E-state index >= 15 is 0 Å². The normalized spacial score (nSPS) is 18.4. The summed E-state index contributed by atoms with van der Waals surface area (Å²) in [7, 11) is -3.90. The van der Waals surface area contributed by atoms with E-state index in [9.17, 15) is 22.4 Å². The molecule has 1 saturated heterocycles. The average Bonchev–Trinajstić information content (AvgIpc) is 3.04. The highest BCUT2D eigenvalue weighted by Gasteiger charge is 2.48. The Kier molecular flexibility index (Phi) is 7.21. The maximum Gasteiger partial charge on any atom is 0.414 e. The number of ether oxygens (including phenoxy) is 1. The molecule has 158 valence electrons. The van der Waals surface area contributed by atoms with Crippen LogP contribution in [0.25, 0.3) is 0 Å². The van der Waals surface area contributed by atoms with Gasteiger partial charge in [-0.25, -0.2) is 18.7 Å². The van der Waals surface area contributed by atoms with Crippen LogP contribution < -0.4 is 10.4 Å². The Labute approximate surface area is 168 Å². The molecule has 2 rings (SSSR count). The summed E-state index contributed by atoms with van der Waals surface area (Å²) in [6.07, 6.45) is -0.120. The minimum atomic E-state index is -3.90. The zero-order valence-corrected chi connectivity index (χ0v) is 17.0. The van der Waals surface area contributed by atoms with Crippen molar-refractivity contribution in [3.8, 4) is 11.8 Å². The van der Waals surface area contributed by atoms with Crippen molar-refractivity contribution >= 4 is 27.5 Å². The number of sulfone groups is 1. The number of cyclic esters (lactones) is 1. The van der Waals surface area contributed by atoms with Crippen LogP contribution >= 0.6 is 0 Å². The number of benzene rings is 1. The van der Waals surface area contributed by atoms with Crippen LogP contribution in [-0.4, -0.2) is 56.0 Å². The zero-order chi connectivity index (χ0) is 21.7. The van der Waals surface area contributed by atoms with Gasteiger partial charge in [-0.2, -0.15) is 0 Å². The molecule has 0 aromatic heterocycles. The quantitative estimate of drug-likeness (QED) is 0.298. The number of carbonyl (C=O) groups is 2. The van der Waals surface area contributed by atoms with Crippen molar-refractivity contribution < 1.29 is 32.3 Å². The molecule has 0 bridgehead atoms. The van der Waals surface area contributed by atoms with Gasteiger partial charge in [0.2, 0.25) is 0 Å². The number of rotatable bonds is 7. The van der Waals surface area contributed by atoms with Crippen LogP contribution in [0, 0.1) is 11.8 Å². The second kappa shape index (κ2) is 9.24. The molecule has 10 heteroatoms. The second-order valence-corrected chi connectivity index (χ2v) is 9.35. The lowest BCUT2D eigenvalue weighted by atomic mass is 10.0. The molecular weight excluding hydrogens is 403 g/mol. The molecule has 2 amide bonds. The monoisotopic (exact) mass is 426 g/mol. The van der Waals surface area contributed by atoms with E-state index in [2.05, 4.69) is 11.8 Å². The summed E-state index contributed by atoms with van der Waals surface area (Å²) in [5.74, 6) is 4.66. The Balaban J connectivity index is 2.11. The van der Waals surface area contributed by atoms with Gasteiger partial charge < -0.3 is 4.74 Å². The SMILES string of the molecule is CC(CC1CN(c2ccc(C#CCCCF)cc2)C(=O)O1)(C(=O)NO)S(C)(=O)=O. The topological polar surface area (TPSA) is 113 Å². The number of carbonyl (C=O) groups excluding carboxylic acids is 2. The van der Waals surface area contributed by atoms with Crippen molar-refractivity contribution in [1.29, 1.82) is 0 Å². The Hall–Kier alpha value is -2.64. The van der Waals surface area contributed by atoms with Gasteiger partial charge in [-0.15, -0.1) is 0 Å². The van der Waals surface area contributed by atoms with Gasteiger partial charge in [0.1, 0.15) is 6.10 Å². The molecule has 1 aliphatic heterocycles. The number of nitrogens with one attached hydrogen (secondary N) is 1. The fraction of sp³-hybridized carbons (Fsp3) is 0.474. The third-order valence-corrected chi connectivity index (χ3v) is 6.73. The summed E-state index contributed by atoms with van der Waals surface area (Å²) >= 11 is 0. The largest absolute Gasteiger partial charge is 0.444 e. The van der Waals surface area contributed by atoms with E-state index in [1.807, 2.05) is 0 Å². The number of nitrogens with zero attached hydrogens (tertiary/aromatic N) is 1. The van der Waals surface area contributed by atoms with Crippen LogP contribution in [0.2, 0.25) is 0 Å². The molecule has 1 heterocycles. The molecule has 0 spiro atoms. The van der Waals surface area contributed by atoms with Gasteiger partial charge in [0.05, 0.1) is 13.2 Å². The van der Waals surface area contributed by atoms with Gasteiger partial charge in [0.25, 0.3) is 5.91 Å². The molecule has 29 heavy (non-hydrogen) atoms. The standard InChI is InChI=1S/C19H23FN2O6S/c1-19(17(23)21-25,29(2,26)27)12-16-13-22(18(24)28-16)15-9-7-14(8-10-15)6-4-3-5-11-20/h7-10,16,25H,3,5,11-13H2,1-2H3,(H,21,23). The average molecular weight is 426 g/mol. The van der Waals surface area contributed by atoms with Gasteiger partial charge in [0.15, 0.2) is 14.6 Å². The Morgan fingerprint density at radius 1 is 1.41 bits per heavy atom. The Bertz CT molecular complexity index is 922. The number of amides is 2. The summed E-state index contributed by atoms with van der Waals surface area (Å²) < 4.78 is 39.5. The lowest BCUT2D eigenvalue weighted by Gasteiger charge is -2.26. The molecular formula is C19H23FN2O6S. The Morgan fingerprint density at radius 3 is 2.62 bits per heavy atom. The van der Waals surface area contributed by atoms with Gasteiger partial charge in [-0.3, -0.25) is 19.3 Å². The first kappa shape index (κ1) is 22.6. The third-order valence-electron chi connectivity index (χ3n) is 4.74. The van der Waals surface area contributed by atoms with Crippen molar-refractivity contribution in [3.05, 3.63) is 29.8 Å². The lowest BCUT2D eigenvalue weighted by Crippen LogP contribution is -2.51. The van der Waals surface area contributed by atoms with Gasteiger partial charge in [0, 0.05) is 30.3 Å². The number of halogens is 1. The highest BCUT2D eigenvalue weighted by Crippen LogP contribution is 2.30. The number of alkyl halides is 1. The maximum absolute atomic E-state index is 12.2. The van der Waals surface area contributed by atoms with E-state index in [0.29, 0.717) is 24.1 Å². The second-order valence-electron chi connectivity index (χ2n) is 6.91. The molecule has 1 aliphatic rings. The summed E-state index contributed by atoms with van der Waals surface area (Å²) in [5, 5.41) is 8.90. The fourth-order valence-corrected chi connectivity index (χ4v) is 3.72. The van der Waals surface area contributed by atoms with E-state index < -0.39 is 39.4 Å². The molecule has 8 nitrogen and oxygen atoms in total. The highest BCUT2D eigenvalue weighted by atomic mass is 32.2. The van der Waals surface area contributed by atoms with Crippen LogP contribution in [0.15, 0.2) is 24.3 Å². The van der Waals surface area contributed by atoms with Gasteiger partial charge in [-0.1, -0.05) is 11.8 Å². The first-order valence-electron chi connectivity index (χ1n) is 8.89. The van der Waals surface area contributed by atoms with Gasteiger partial charge >= 0.3 is 6.09 Å². The predicted molar refractivity (Wildman–Crippen MR) is 104 cm³/mol. The van der Waals surface area contributed by atoms with Crippen molar-refractivity contribution in [2.75, 3.05) is 24.4 Å². The van der Waals surface area contributed by atoms with E-state index in [-0.39, 0.29) is 13.0 Å². The summed E-state index contributed by atoms with van der Waals surface area (Å²) in [6, 6.07) is 6.74. The van der Waals surface area contributed by atoms with Crippen molar-refractivity contribution in [3.63, 3.8) is 0 Å². The molecule has 2 unspecified atom stereocenters. The van der Waals surface area contributed by atoms with E-state index in [4.69, 9.17) is 9.94 Å². The van der Waals surface area contributed by atoms with Crippen LogP contribution in [-0.2, 0) is 19.4 Å². The van der Waals surface area contributed by atoms with Crippen molar-refractivity contribution in [1.82, 2.24) is 5.48 Å². The summed E-state index contributed by atoms with van der Waals surface area (Å²) in [4.78, 5) is 25.5. The molecule has 1 fully saturated rings. The molecule has 0 radical (unpaired) electrons. The van der Waals surface area contributed by atoms with Gasteiger partial charge in [-0.05, 0) is 37.6 Å². The fourth-order valence-electron chi connectivity index (χ4n) is 2.85. The Morgan fingerprint density at radius 2 is 2.07 bits per heavy atom. The number of hydroxylamine groups is 1. The zero-order valence-electron chi connectivity index (χ0n) is 16.1. The van der Waals surface area contributed by atoms with E-state index in [1.54, 1.807) is 24.3 Å². The van der Waals surface area contributed by atoms with E-state index in [0.717, 1.165) is 6.26 Å². The van der Waals surface area contributed by atoms with Crippen LogP contribution in [0.3, 0.4) is 0 Å². The third kappa shape index (κ3) is 5.25. The predicted octanol–water partition coefficient (Wildman–Crippen LogP) is 1.81. The molecule has 0 saturated carbocycles. The van der Waals surface area contributed by atoms with Crippen LogP contribution in [0.1, 0.15) is 31.7 Å². The van der Waals surface area contributed by atoms with E-state index in [1.165, 1.54) is 17.3 Å². The maximum atomic E-state index is 12.2. The van der Waals surface area contributed by atoms with Crippen molar-refractivity contribution in [2.45, 2.75) is 37.0 Å². The van der Waals surface area contributed by atoms with Crippen LogP contribution in [0.5, 0.6) is 0 Å². The number of hydrogen-bond acceptors (Lipinski definition) is 6. The first-order valence-corrected chi connectivity index (χ1v) is 10.8. The minimum Gasteiger partial charge on any atom is -0.444 e. The first-order chi connectivity index (χ1) is 13.6. The molecule has 2 N–H and O–H groups in total. The smallest absolute Gasteiger partial charge is 0.414 e. The van der Waals surface area contributed by atoms with Crippen LogP contribution in [0.4, 0.5) is 14.9 Å². The minimum absolute atomic E-state index is 0.0458. The molecule has 0 aliphatic carbocycles. The highest BCUT2D eigenvalue weighted by molar-refractivity contribution is 7.92. The number of unbranched alkanes of at least 4 members (excludes halogenated alkanes) is 1. The summed E-state index contributed by atoms with van der Waals surface area (Å²) in [5.41, 5.74) is 2.60. The number of hydrogen-bond donors (Lipinski definition) is 2. The molecule has 1 aromatic rings. The molecule has 2 atom stereocenters. The summed E-state index contributed by atoms with van der Waals surface area (Å²) in [6.45, 7) is 0.801. The molecule has 1 aromatic carbocycles. The number of anilines is 1. The lowest BCUT2D eigenvalue weighted by molar-refractivity contribution is -0.132.